The first-order chi connectivity index (χ1) is 8.22. The lowest BCUT2D eigenvalue weighted by Gasteiger charge is -2.02. The van der Waals surface area contributed by atoms with Gasteiger partial charge in [-0.1, -0.05) is 42.0 Å². The Bertz CT molecular complexity index is 539. The molecule has 0 fully saturated rings. The van der Waals surface area contributed by atoms with Gasteiger partial charge in [-0.25, -0.2) is 0 Å². The lowest BCUT2D eigenvalue weighted by Crippen LogP contribution is -1.85. The number of benzene rings is 1. The van der Waals surface area contributed by atoms with Crippen LogP contribution >= 0.6 is 22.9 Å². The quantitative estimate of drug-likeness (QED) is 0.787. The number of aryl methyl sites for hydroxylation is 1. The van der Waals surface area contributed by atoms with E-state index in [-0.39, 0.29) is 5.15 Å². The highest BCUT2D eigenvalue weighted by Crippen LogP contribution is 2.31. The molecule has 17 heavy (non-hydrogen) atoms. The van der Waals surface area contributed by atoms with Crippen molar-refractivity contribution in [1.82, 2.24) is 4.98 Å². The monoisotopic (exact) mass is 267 g/mol. The molecule has 5 heteroatoms. The summed E-state index contributed by atoms with van der Waals surface area (Å²) in [4.78, 5) is 15.0. The molecule has 88 valence electrons. The SMILES string of the molecule is CCc1cccc(Oc2nc(Cl)c(C=O)s2)c1. The Labute approximate surface area is 108 Å². The summed E-state index contributed by atoms with van der Waals surface area (Å²) in [7, 11) is 0. The van der Waals surface area contributed by atoms with Crippen molar-refractivity contribution in [3.63, 3.8) is 0 Å². The Morgan fingerprint density at radius 3 is 3.00 bits per heavy atom. The van der Waals surface area contributed by atoms with Crippen LogP contribution in [-0.2, 0) is 6.42 Å². The second-order valence-electron chi connectivity index (χ2n) is 3.36. The number of rotatable bonds is 4. The van der Waals surface area contributed by atoms with Gasteiger partial charge in [-0.15, -0.1) is 0 Å². The van der Waals surface area contributed by atoms with E-state index in [2.05, 4.69) is 11.9 Å². The van der Waals surface area contributed by atoms with Crippen LogP contribution in [0.25, 0.3) is 0 Å². The van der Waals surface area contributed by atoms with Gasteiger partial charge >= 0.3 is 0 Å². The molecule has 0 aliphatic heterocycles. The van der Waals surface area contributed by atoms with E-state index in [0.717, 1.165) is 17.8 Å². The summed E-state index contributed by atoms with van der Waals surface area (Å²) in [5, 5.41) is 0.567. The number of carbonyl (C=O) groups is 1. The van der Waals surface area contributed by atoms with Gasteiger partial charge in [0.2, 0.25) is 0 Å². The molecule has 1 heterocycles. The first-order valence-electron chi connectivity index (χ1n) is 5.11. The molecule has 0 spiro atoms. The third-order valence-corrected chi connectivity index (χ3v) is 3.47. The van der Waals surface area contributed by atoms with Crippen LogP contribution in [-0.4, -0.2) is 11.3 Å². The molecule has 0 atom stereocenters. The van der Waals surface area contributed by atoms with Gasteiger partial charge in [0.15, 0.2) is 11.4 Å². The van der Waals surface area contributed by atoms with E-state index >= 15 is 0 Å². The van der Waals surface area contributed by atoms with Gasteiger partial charge in [0.25, 0.3) is 5.19 Å². The molecule has 0 saturated heterocycles. The molecule has 0 radical (unpaired) electrons. The largest absolute Gasteiger partial charge is 0.431 e. The van der Waals surface area contributed by atoms with E-state index in [0.29, 0.717) is 22.1 Å². The maximum atomic E-state index is 10.6. The van der Waals surface area contributed by atoms with Crippen LogP contribution in [0.3, 0.4) is 0 Å². The van der Waals surface area contributed by atoms with Crippen molar-refractivity contribution in [2.24, 2.45) is 0 Å². The third kappa shape index (κ3) is 2.84. The average Bonchev–Trinajstić information content (AvgIpc) is 2.69. The molecule has 1 aromatic heterocycles. The van der Waals surface area contributed by atoms with Crippen molar-refractivity contribution in [1.29, 1.82) is 0 Å². The number of aromatic nitrogens is 1. The van der Waals surface area contributed by atoms with Crippen molar-refractivity contribution < 1.29 is 9.53 Å². The molecule has 2 aromatic rings. The summed E-state index contributed by atoms with van der Waals surface area (Å²) in [6.07, 6.45) is 1.62. The molecule has 0 aliphatic rings. The second kappa shape index (κ2) is 5.29. The fourth-order valence-corrected chi connectivity index (χ4v) is 2.27. The van der Waals surface area contributed by atoms with Crippen molar-refractivity contribution in [2.45, 2.75) is 13.3 Å². The zero-order valence-corrected chi connectivity index (χ0v) is 10.7. The molecule has 0 bridgehead atoms. The molecule has 0 N–H and O–H groups in total. The standard InChI is InChI=1S/C12H10ClNO2S/c1-2-8-4-3-5-9(6-8)16-12-14-11(13)10(7-15)17-12/h3-7H,2H2,1H3. The molecule has 0 amide bonds. The van der Waals surface area contributed by atoms with Gasteiger partial charge < -0.3 is 4.74 Å². The maximum absolute atomic E-state index is 10.6. The van der Waals surface area contributed by atoms with Gasteiger partial charge in [0, 0.05) is 0 Å². The van der Waals surface area contributed by atoms with E-state index in [9.17, 15) is 4.79 Å². The van der Waals surface area contributed by atoms with Crippen molar-refractivity contribution in [3.05, 3.63) is 39.9 Å². The van der Waals surface area contributed by atoms with Gasteiger partial charge in [-0.05, 0) is 24.1 Å². The van der Waals surface area contributed by atoms with Crippen LogP contribution in [0.1, 0.15) is 22.2 Å². The lowest BCUT2D eigenvalue weighted by atomic mass is 10.2. The minimum Gasteiger partial charge on any atom is -0.431 e. The van der Waals surface area contributed by atoms with Crippen LogP contribution in [0.4, 0.5) is 0 Å². The molecular weight excluding hydrogens is 258 g/mol. The second-order valence-corrected chi connectivity index (χ2v) is 4.71. The van der Waals surface area contributed by atoms with E-state index in [1.807, 2.05) is 24.3 Å². The van der Waals surface area contributed by atoms with Gasteiger partial charge in [-0.3, -0.25) is 4.79 Å². The van der Waals surface area contributed by atoms with Crippen molar-refractivity contribution in [3.8, 4) is 10.9 Å². The van der Waals surface area contributed by atoms with Crippen LogP contribution in [0.2, 0.25) is 5.15 Å². The molecule has 3 nitrogen and oxygen atoms in total. The fraction of sp³-hybridized carbons (Fsp3) is 0.167. The third-order valence-electron chi connectivity index (χ3n) is 2.21. The summed E-state index contributed by atoms with van der Waals surface area (Å²) in [6.45, 7) is 2.07. The number of ether oxygens (including phenoxy) is 1. The highest BCUT2D eigenvalue weighted by atomic mass is 35.5. The first kappa shape index (κ1) is 12.1. The maximum Gasteiger partial charge on any atom is 0.280 e. The zero-order valence-electron chi connectivity index (χ0n) is 9.14. The number of hydrogen-bond acceptors (Lipinski definition) is 4. The summed E-state index contributed by atoms with van der Waals surface area (Å²) in [6, 6.07) is 7.73. The van der Waals surface area contributed by atoms with Gasteiger partial charge in [0.05, 0.1) is 0 Å². The van der Waals surface area contributed by atoms with Crippen molar-refractivity contribution in [2.75, 3.05) is 0 Å². The predicted octanol–water partition coefficient (Wildman–Crippen LogP) is 3.96. The molecule has 1 aromatic carbocycles. The van der Waals surface area contributed by atoms with Gasteiger partial charge in [0.1, 0.15) is 10.6 Å². The lowest BCUT2D eigenvalue weighted by molar-refractivity contribution is 0.112. The van der Waals surface area contributed by atoms with E-state index in [4.69, 9.17) is 16.3 Å². The molecule has 0 saturated carbocycles. The first-order valence-corrected chi connectivity index (χ1v) is 6.30. The molecule has 0 aliphatic carbocycles. The van der Waals surface area contributed by atoms with Crippen LogP contribution in [0, 0.1) is 0 Å². The minimum absolute atomic E-state index is 0.187. The molecule has 2 rings (SSSR count). The van der Waals surface area contributed by atoms with Crippen LogP contribution in [0.15, 0.2) is 24.3 Å². The van der Waals surface area contributed by atoms with E-state index in [1.54, 1.807) is 0 Å². The number of aldehydes is 1. The normalized spacial score (nSPS) is 10.2. The number of nitrogens with zero attached hydrogens (tertiary/aromatic N) is 1. The van der Waals surface area contributed by atoms with E-state index in [1.165, 1.54) is 5.56 Å². The summed E-state index contributed by atoms with van der Waals surface area (Å²) < 4.78 is 5.55. The fourth-order valence-electron chi connectivity index (χ4n) is 1.34. The summed E-state index contributed by atoms with van der Waals surface area (Å²) >= 11 is 6.89. The van der Waals surface area contributed by atoms with Crippen LogP contribution < -0.4 is 4.74 Å². The number of hydrogen-bond donors (Lipinski definition) is 0. The van der Waals surface area contributed by atoms with Crippen LogP contribution in [0.5, 0.6) is 10.9 Å². The predicted molar refractivity (Wildman–Crippen MR) is 68.4 cm³/mol. The Morgan fingerprint density at radius 1 is 1.53 bits per heavy atom. The zero-order chi connectivity index (χ0) is 12.3. The average molecular weight is 268 g/mol. The minimum atomic E-state index is 0.187. The molecular formula is C12H10ClNO2S. The Kier molecular flexibility index (Phi) is 3.76. The van der Waals surface area contributed by atoms with E-state index < -0.39 is 0 Å². The molecule has 0 unspecified atom stereocenters. The Morgan fingerprint density at radius 2 is 2.35 bits per heavy atom. The summed E-state index contributed by atoms with van der Waals surface area (Å²) in [5.41, 5.74) is 1.18. The number of thiazole rings is 1. The number of halogens is 1. The number of carbonyl (C=O) groups excluding carboxylic acids is 1. The van der Waals surface area contributed by atoms with Crippen molar-refractivity contribution >= 4 is 29.2 Å². The highest BCUT2D eigenvalue weighted by molar-refractivity contribution is 7.15. The Hall–Kier alpha value is -1.39. The summed E-state index contributed by atoms with van der Waals surface area (Å²) in [5.74, 6) is 0.701. The Balaban J connectivity index is 2.21. The van der Waals surface area contributed by atoms with Gasteiger partial charge in [-0.2, -0.15) is 4.98 Å². The smallest absolute Gasteiger partial charge is 0.280 e. The highest BCUT2D eigenvalue weighted by Gasteiger charge is 2.10. The topological polar surface area (TPSA) is 39.2 Å².